The van der Waals surface area contributed by atoms with Crippen LogP contribution in [0.3, 0.4) is 0 Å². The highest BCUT2D eigenvalue weighted by Gasteiger charge is 2.16. The van der Waals surface area contributed by atoms with Gasteiger partial charge < -0.3 is 19.3 Å². The first kappa shape index (κ1) is 20.1. The minimum Gasteiger partial charge on any atom is -0.507 e. The molecule has 0 heterocycles. The van der Waals surface area contributed by atoms with E-state index in [1.165, 1.54) is 45.6 Å². The molecular weight excluding hydrogens is 376 g/mol. The average Bonchev–Trinajstić information content (AvgIpc) is 2.63. The number of methoxy groups -OCH3 is 2. The van der Waals surface area contributed by atoms with Crippen molar-refractivity contribution in [1.82, 2.24) is 5.43 Å². The van der Waals surface area contributed by atoms with Crippen LogP contribution in [-0.2, 0) is 4.79 Å². The highest BCUT2D eigenvalue weighted by molar-refractivity contribution is 6.31. The van der Waals surface area contributed by atoms with Gasteiger partial charge in [0.15, 0.2) is 11.5 Å². The third-order valence-electron chi connectivity index (χ3n) is 3.31. The summed E-state index contributed by atoms with van der Waals surface area (Å²) < 4.78 is 15.5. The number of benzene rings is 2. The minimum atomic E-state index is -0.637. The summed E-state index contributed by atoms with van der Waals surface area (Å²) in [5.74, 6) is -0.739. The normalized spacial score (nSPS) is 10.5. The number of rotatable bonds is 6. The fraction of sp³-hybridized carbons (Fsp3) is 0.167. The molecule has 0 saturated carbocycles. The summed E-state index contributed by atoms with van der Waals surface area (Å²) in [6.45, 7) is 1.26. The Morgan fingerprint density at radius 3 is 2.33 bits per heavy atom. The van der Waals surface area contributed by atoms with Crippen LogP contribution in [0.2, 0.25) is 5.02 Å². The predicted molar refractivity (Wildman–Crippen MR) is 99.0 cm³/mol. The number of phenolic OH excluding ortho intramolecular Hbond substituents is 1. The number of phenols is 1. The summed E-state index contributed by atoms with van der Waals surface area (Å²) in [7, 11) is 2.82. The Labute approximate surface area is 160 Å². The van der Waals surface area contributed by atoms with Crippen molar-refractivity contribution in [3.8, 4) is 23.0 Å². The van der Waals surface area contributed by atoms with Gasteiger partial charge in [-0.05, 0) is 30.3 Å². The van der Waals surface area contributed by atoms with Crippen LogP contribution >= 0.6 is 11.6 Å². The number of carbonyl (C=O) groups excluding carboxylic acids is 2. The van der Waals surface area contributed by atoms with E-state index in [-0.39, 0.29) is 28.6 Å². The van der Waals surface area contributed by atoms with Crippen LogP contribution in [0, 0.1) is 0 Å². The fourth-order valence-electron chi connectivity index (χ4n) is 2.13. The number of nitrogens with one attached hydrogen (secondary N) is 1. The average molecular weight is 393 g/mol. The largest absolute Gasteiger partial charge is 0.507 e. The van der Waals surface area contributed by atoms with E-state index < -0.39 is 11.9 Å². The number of hydrogen-bond donors (Lipinski definition) is 2. The first-order valence-electron chi connectivity index (χ1n) is 7.62. The van der Waals surface area contributed by atoms with Crippen molar-refractivity contribution in [1.29, 1.82) is 0 Å². The lowest BCUT2D eigenvalue weighted by molar-refractivity contribution is -0.132. The van der Waals surface area contributed by atoms with Crippen molar-refractivity contribution in [2.45, 2.75) is 6.92 Å². The SMILES string of the molecule is COc1cc(/C=N\NC(=O)c2cc(Cl)ccc2O)cc(OC)c1OC(C)=O. The number of nitrogens with zero attached hydrogens (tertiary/aromatic N) is 1. The van der Waals surface area contributed by atoms with Crippen LogP contribution in [0.1, 0.15) is 22.8 Å². The molecular formula is C18H17ClN2O6. The van der Waals surface area contributed by atoms with E-state index in [1.54, 1.807) is 12.1 Å². The second-order valence-corrected chi connectivity index (χ2v) is 5.65. The monoisotopic (exact) mass is 392 g/mol. The summed E-state index contributed by atoms with van der Waals surface area (Å²) in [6, 6.07) is 7.19. The van der Waals surface area contributed by atoms with E-state index >= 15 is 0 Å². The molecule has 0 saturated heterocycles. The van der Waals surface area contributed by atoms with Crippen molar-refractivity contribution >= 4 is 29.7 Å². The molecule has 0 atom stereocenters. The number of carbonyl (C=O) groups is 2. The van der Waals surface area contributed by atoms with E-state index in [1.807, 2.05) is 0 Å². The summed E-state index contributed by atoms with van der Waals surface area (Å²) in [4.78, 5) is 23.3. The van der Waals surface area contributed by atoms with Crippen molar-refractivity contribution in [3.05, 3.63) is 46.5 Å². The zero-order chi connectivity index (χ0) is 20.0. The van der Waals surface area contributed by atoms with Gasteiger partial charge in [-0.3, -0.25) is 9.59 Å². The second kappa shape index (κ2) is 8.91. The Bertz CT molecular complexity index is 872. The molecule has 0 unspecified atom stereocenters. The molecule has 0 aliphatic carbocycles. The smallest absolute Gasteiger partial charge is 0.308 e. The summed E-state index contributed by atoms with van der Waals surface area (Å²) >= 11 is 5.82. The maximum Gasteiger partial charge on any atom is 0.308 e. The molecule has 2 aromatic rings. The van der Waals surface area contributed by atoms with Gasteiger partial charge >= 0.3 is 5.97 Å². The number of amides is 1. The fourth-order valence-corrected chi connectivity index (χ4v) is 2.31. The molecule has 142 valence electrons. The van der Waals surface area contributed by atoms with Gasteiger partial charge in [0.25, 0.3) is 5.91 Å². The summed E-state index contributed by atoms with van der Waals surface area (Å²) in [6.07, 6.45) is 1.34. The van der Waals surface area contributed by atoms with Gasteiger partial charge in [-0.25, -0.2) is 5.43 Å². The number of ether oxygens (including phenoxy) is 3. The number of hydrogen-bond acceptors (Lipinski definition) is 7. The van der Waals surface area contributed by atoms with Gasteiger partial charge in [-0.15, -0.1) is 0 Å². The van der Waals surface area contributed by atoms with Crippen LogP contribution in [-0.4, -0.2) is 37.4 Å². The molecule has 0 aromatic heterocycles. The standard InChI is InChI=1S/C18H17ClN2O6/c1-10(22)27-17-15(25-2)6-11(7-16(17)26-3)9-20-21-18(24)13-8-12(19)4-5-14(13)23/h4-9,23H,1-3H3,(H,21,24)/b20-9-. The van der Waals surface area contributed by atoms with Gasteiger partial charge in [0.05, 0.1) is 26.0 Å². The van der Waals surface area contributed by atoms with E-state index in [0.717, 1.165) is 0 Å². The molecule has 0 aliphatic rings. The molecule has 27 heavy (non-hydrogen) atoms. The molecule has 0 bridgehead atoms. The first-order chi connectivity index (χ1) is 12.8. The molecule has 0 radical (unpaired) electrons. The van der Waals surface area contributed by atoms with E-state index in [0.29, 0.717) is 10.6 Å². The molecule has 0 aliphatic heterocycles. The number of halogens is 1. The third kappa shape index (κ3) is 5.11. The van der Waals surface area contributed by atoms with Gasteiger partial charge in [0.1, 0.15) is 5.75 Å². The maximum absolute atomic E-state index is 12.1. The first-order valence-corrected chi connectivity index (χ1v) is 8.00. The molecule has 2 N–H and O–H groups in total. The highest BCUT2D eigenvalue weighted by Crippen LogP contribution is 2.38. The molecule has 1 amide bonds. The second-order valence-electron chi connectivity index (χ2n) is 5.21. The maximum atomic E-state index is 12.1. The summed E-state index contributed by atoms with van der Waals surface area (Å²) in [5.41, 5.74) is 2.78. The lowest BCUT2D eigenvalue weighted by atomic mass is 10.2. The molecule has 2 aromatic carbocycles. The topological polar surface area (TPSA) is 106 Å². The Morgan fingerprint density at radius 1 is 1.15 bits per heavy atom. The third-order valence-corrected chi connectivity index (χ3v) is 3.55. The highest BCUT2D eigenvalue weighted by atomic mass is 35.5. The Kier molecular flexibility index (Phi) is 6.62. The molecule has 8 nitrogen and oxygen atoms in total. The van der Waals surface area contributed by atoms with E-state index in [4.69, 9.17) is 25.8 Å². The zero-order valence-electron chi connectivity index (χ0n) is 14.8. The van der Waals surface area contributed by atoms with Crippen molar-refractivity contribution in [2.24, 2.45) is 5.10 Å². The number of aromatic hydroxyl groups is 1. The van der Waals surface area contributed by atoms with Gasteiger partial charge in [0.2, 0.25) is 5.75 Å². The number of esters is 1. The van der Waals surface area contributed by atoms with E-state index in [9.17, 15) is 14.7 Å². The van der Waals surface area contributed by atoms with Crippen molar-refractivity contribution < 1.29 is 28.9 Å². The van der Waals surface area contributed by atoms with Crippen LogP contribution in [0.4, 0.5) is 0 Å². The molecule has 0 spiro atoms. The van der Waals surface area contributed by atoms with Crippen LogP contribution in [0.25, 0.3) is 0 Å². The summed E-state index contributed by atoms with van der Waals surface area (Å²) in [5, 5.41) is 13.9. The molecule has 2 rings (SSSR count). The van der Waals surface area contributed by atoms with Gasteiger partial charge in [0, 0.05) is 17.5 Å². The van der Waals surface area contributed by atoms with Gasteiger partial charge in [-0.2, -0.15) is 5.10 Å². The lowest BCUT2D eigenvalue weighted by Crippen LogP contribution is -2.17. The van der Waals surface area contributed by atoms with Crippen molar-refractivity contribution in [2.75, 3.05) is 14.2 Å². The molecule has 0 fully saturated rings. The Hall–Kier alpha value is -3.26. The van der Waals surface area contributed by atoms with Gasteiger partial charge in [-0.1, -0.05) is 11.6 Å². The van der Waals surface area contributed by atoms with Crippen LogP contribution in [0.5, 0.6) is 23.0 Å². The van der Waals surface area contributed by atoms with E-state index in [2.05, 4.69) is 10.5 Å². The zero-order valence-corrected chi connectivity index (χ0v) is 15.5. The minimum absolute atomic E-state index is 0.0139. The molecule has 9 heteroatoms. The lowest BCUT2D eigenvalue weighted by Gasteiger charge is -2.13. The van der Waals surface area contributed by atoms with Crippen LogP contribution < -0.4 is 19.6 Å². The Morgan fingerprint density at radius 2 is 1.78 bits per heavy atom. The Balaban J connectivity index is 2.22. The number of hydrazone groups is 1. The van der Waals surface area contributed by atoms with Crippen LogP contribution in [0.15, 0.2) is 35.4 Å². The quantitative estimate of drug-likeness (QED) is 0.339. The predicted octanol–water partition coefficient (Wildman–Crippen LogP) is 2.75. The van der Waals surface area contributed by atoms with Crippen molar-refractivity contribution in [3.63, 3.8) is 0 Å².